The summed E-state index contributed by atoms with van der Waals surface area (Å²) >= 11 is 0. The minimum atomic E-state index is 0.457. The van der Waals surface area contributed by atoms with Gasteiger partial charge in [0.05, 0.1) is 18.9 Å². The highest BCUT2D eigenvalue weighted by Crippen LogP contribution is 2.06. The van der Waals surface area contributed by atoms with Crippen molar-refractivity contribution in [2.45, 2.75) is 6.42 Å². The molecule has 1 rings (SSSR count). The van der Waals surface area contributed by atoms with Gasteiger partial charge in [-0.15, -0.1) is 0 Å². The number of ether oxygens (including phenoxy) is 1. The van der Waals surface area contributed by atoms with Gasteiger partial charge in [-0.05, 0) is 12.0 Å². The summed E-state index contributed by atoms with van der Waals surface area (Å²) in [4.78, 5) is 0. The maximum absolute atomic E-state index is 7.17. The van der Waals surface area contributed by atoms with Gasteiger partial charge in [0, 0.05) is 0 Å². The van der Waals surface area contributed by atoms with Crippen LogP contribution in [0.25, 0.3) is 0 Å². The minimum absolute atomic E-state index is 0.457. The van der Waals surface area contributed by atoms with Crippen molar-refractivity contribution in [2.24, 2.45) is 0 Å². The Bertz CT molecular complexity index is 112. The lowest BCUT2D eigenvalue weighted by molar-refractivity contribution is 0.166. The van der Waals surface area contributed by atoms with Gasteiger partial charge in [-0.3, -0.25) is 0 Å². The second-order valence-corrected chi connectivity index (χ2v) is 1.88. The van der Waals surface area contributed by atoms with E-state index in [-0.39, 0.29) is 0 Å². The van der Waals surface area contributed by atoms with Crippen LogP contribution in [0.3, 0.4) is 0 Å². The van der Waals surface area contributed by atoms with Crippen molar-refractivity contribution in [1.82, 2.24) is 0 Å². The molecule has 1 aliphatic heterocycles. The first-order chi connectivity index (χ1) is 3.80. The number of hydrogen-bond donors (Lipinski definition) is 1. The Hall–Kier alpha value is -0.630. The second-order valence-electron chi connectivity index (χ2n) is 1.88. The Morgan fingerprint density at radius 1 is 1.62 bits per heavy atom. The van der Waals surface area contributed by atoms with Gasteiger partial charge in [0.2, 0.25) is 0 Å². The van der Waals surface area contributed by atoms with E-state index in [9.17, 15) is 0 Å². The molecule has 1 heterocycles. The molecule has 0 saturated carbocycles. The molecule has 2 heteroatoms. The topological polar surface area (TPSA) is 33.1 Å². The summed E-state index contributed by atoms with van der Waals surface area (Å²) in [6.45, 7) is 4.89. The number of rotatable bonds is 0. The lowest BCUT2D eigenvalue weighted by atomic mass is 10.1. The van der Waals surface area contributed by atoms with Crippen molar-refractivity contribution in [1.29, 1.82) is 5.41 Å². The molecule has 1 saturated heterocycles. The quantitative estimate of drug-likeness (QED) is 0.496. The highest BCUT2D eigenvalue weighted by molar-refractivity contribution is 5.98. The van der Waals surface area contributed by atoms with E-state index in [1.165, 1.54) is 0 Å². The Morgan fingerprint density at radius 2 is 2.38 bits per heavy atom. The molecule has 0 amide bonds. The summed E-state index contributed by atoms with van der Waals surface area (Å²) in [6, 6.07) is 0. The van der Waals surface area contributed by atoms with Crippen molar-refractivity contribution < 1.29 is 4.74 Å². The van der Waals surface area contributed by atoms with E-state index in [2.05, 4.69) is 6.58 Å². The minimum Gasteiger partial charge on any atom is -0.375 e. The monoisotopic (exact) mass is 111 g/mol. The Balaban J connectivity index is 2.52. The molecule has 0 radical (unpaired) electrons. The number of nitrogens with one attached hydrogen (secondary N) is 1. The van der Waals surface area contributed by atoms with Crippen LogP contribution in [0.2, 0.25) is 0 Å². The van der Waals surface area contributed by atoms with Crippen molar-refractivity contribution in [3.8, 4) is 0 Å². The first-order valence-corrected chi connectivity index (χ1v) is 2.64. The fourth-order valence-corrected chi connectivity index (χ4v) is 0.623. The summed E-state index contributed by atoms with van der Waals surface area (Å²) < 4.78 is 4.97. The fraction of sp³-hybridized carbons (Fsp3) is 0.500. The predicted molar refractivity (Wildman–Crippen MR) is 32.3 cm³/mol. The molecule has 0 bridgehead atoms. The van der Waals surface area contributed by atoms with Gasteiger partial charge >= 0.3 is 0 Å². The maximum atomic E-state index is 7.17. The summed E-state index contributed by atoms with van der Waals surface area (Å²) in [5, 5.41) is 7.17. The highest BCUT2D eigenvalue weighted by Gasteiger charge is 2.07. The standard InChI is InChI=1S/C6H9NO/c1-5-2-3-8-4-6(5)7/h7H,1-4H2. The van der Waals surface area contributed by atoms with E-state index in [4.69, 9.17) is 10.1 Å². The van der Waals surface area contributed by atoms with Gasteiger partial charge in [0.15, 0.2) is 0 Å². The van der Waals surface area contributed by atoms with Crippen LogP contribution in [0, 0.1) is 5.41 Å². The van der Waals surface area contributed by atoms with E-state index in [1.807, 2.05) is 0 Å². The average Bonchev–Trinajstić information content (AvgIpc) is 1.77. The predicted octanol–water partition coefficient (Wildman–Crippen LogP) is 0.983. The third-order valence-electron chi connectivity index (χ3n) is 1.22. The van der Waals surface area contributed by atoms with Crippen LogP contribution >= 0.6 is 0 Å². The van der Waals surface area contributed by atoms with Gasteiger partial charge < -0.3 is 10.1 Å². The molecule has 0 spiro atoms. The largest absolute Gasteiger partial charge is 0.375 e. The third kappa shape index (κ3) is 0.954. The molecule has 2 nitrogen and oxygen atoms in total. The van der Waals surface area contributed by atoms with Gasteiger partial charge in [-0.2, -0.15) is 0 Å². The van der Waals surface area contributed by atoms with E-state index in [0.29, 0.717) is 12.3 Å². The van der Waals surface area contributed by atoms with Gasteiger partial charge in [0.25, 0.3) is 0 Å². The summed E-state index contributed by atoms with van der Waals surface area (Å²) in [7, 11) is 0. The lowest BCUT2D eigenvalue weighted by Gasteiger charge is -2.13. The maximum Gasteiger partial charge on any atom is 0.0883 e. The Labute approximate surface area is 48.7 Å². The van der Waals surface area contributed by atoms with Crippen LogP contribution in [0.5, 0.6) is 0 Å². The van der Waals surface area contributed by atoms with E-state index in [0.717, 1.165) is 18.6 Å². The molecule has 0 aromatic rings. The van der Waals surface area contributed by atoms with Crippen LogP contribution in [0.15, 0.2) is 12.2 Å². The highest BCUT2D eigenvalue weighted by atomic mass is 16.5. The van der Waals surface area contributed by atoms with Crippen LogP contribution in [-0.2, 0) is 4.74 Å². The lowest BCUT2D eigenvalue weighted by Crippen LogP contribution is -2.17. The van der Waals surface area contributed by atoms with Crippen molar-refractivity contribution in [3.05, 3.63) is 12.2 Å². The molecular formula is C6H9NO. The van der Waals surface area contributed by atoms with Crippen LogP contribution in [0.1, 0.15) is 6.42 Å². The van der Waals surface area contributed by atoms with Crippen molar-refractivity contribution >= 4 is 5.71 Å². The zero-order valence-corrected chi connectivity index (χ0v) is 4.74. The van der Waals surface area contributed by atoms with E-state index in [1.54, 1.807) is 0 Å². The zero-order valence-electron chi connectivity index (χ0n) is 4.74. The Kier molecular flexibility index (Phi) is 1.44. The van der Waals surface area contributed by atoms with Gasteiger partial charge in [-0.1, -0.05) is 6.58 Å². The molecule has 0 atom stereocenters. The normalized spacial score (nSPS) is 21.5. The molecule has 0 aromatic heterocycles. The first-order valence-electron chi connectivity index (χ1n) is 2.64. The van der Waals surface area contributed by atoms with Gasteiger partial charge in [0.1, 0.15) is 0 Å². The van der Waals surface area contributed by atoms with Crippen LogP contribution in [0.4, 0.5) is 0 Å². The van der Waals surface area contributed by atoms with Crippen molar-refractivity contribution in [2.75, 3.05) is 13.2 Å². The SMILES string of the molecule is C=C1CCOCC1=N. The molecule has 1 aliphatic rings. The molecular weight excluding hydrogens is 102 g/mol. The van der Waals surface area contributed by atoms with E-state index >= 15 is 0 Å². The fourth-order valence-electron chi connectivity index (χ4n) is 0.623. The molecule has 0 aromatic carbocycles. The summed E-state index contributed by atoms with van der Waals surface area (Å²) in [5.74, 6) is 0. The third-order valence-corrected chi connectivity index (χ3v) is 1.22. The smallest absolute Gasteiger partial charge is 0.0883 e. The van der Waals surface area contributed by atoms with E-state index < -0.39 is 0 Å². The molecule has 1 N–H and O–H groups in total. The van der Waals surface area contributed by atoms with Crippen LogP contribution in [-0.4, -0.2) is 18.9 Å². The zero-order chi connectivity index (χ0) is 5.98. The Morgan fingerprint density at radius 3 is 2.75 bits per heavy atom. The molecule has 1 fully saturated rings. The molecule has 8 heavy (non-hydrogen) atoms. The van der Waals surface area contributed by atoms with Crippen molar-refractivity contribution in [3.63, 3.8) is 0 Å². The summed E-state index contributed by atoms with van der Waals surface area (Å²) in [6.07, 6.45) is 0.832. The summed E-state index contributed by atoms with van der Waals surface area (Å²) in [5.41, 5.74) is 1.48. The number of hydrogen-bond acceptors (Lipinski definition) is 2. The molecule has 0 unspecified atom stereocenters. The average molecular weight is 111 g/mol. The first kappa shape index (κ1) is 5.51. The molecule has 44 valence electrons. The molecule has 0 aliphatic carbocycles. The van der Waals surface area contributed by atoms with Gasteiger partial charge in [-0.25, -0.2) is 0 Å². The second kappa shape index (κ2) is 2.09. The van der Waals surface area contributed by atoms with Crippen LogP contribution < -0.4 is 0 Å².